The molecule has 0 unspecified atom stereocenters. The van der Waals surface area contributed by atoms with Gasteiger partial charge in [0.1, 0.15) is 0 Å². The number of methoxy groups -OCH3 is 1. The zero-order chi connectivity index (χ0) is 16.0. The Bertz CT molecular complexity index is 721. The van der Waals surface area contributed by atoms with Crippen LogP contribution in [0.2, 0.25) is 0 Å². The van der Waals surface area contributed by atoms with Crippen molar-refractivity contribution in [1.82, 2.24) is 4.72 Å². The number of nitrogens with one attached hydrogen (secondary N) is 1. The van der Waals surface area contributed by atoms with Crippen molar-refractivity contribution in [2.24, 2.45) is 0 Å². The highest BCUT2D eigenvalue weighted by molar-refractivity contribution is 7.99. The predicted molar refractivity (Wildman–Crippen MR) is 85.3 cm³/mol. The van der Waals surface area contributed by atoms with Crippen LogP contribution in [-0.4, -0.2) is 27.8 Å². The van der Waals surface area contributed by atoms with Crippen LogP contribution in [0.5, 0.6) is 5.75 Å². The van der Waals surface area contributed by atoms with Gasteiger partial charge in [-0.25, -0.2) is 17.5 Å². The van der Waals surface area contributed by atoms with Crippen LogP contribution in [0.1, 0.15) is 0 Å². The summed E-state index contributed by atoms with van der Waals surface area (Å²) >= 11 is 1.55. The minimum atomic E-state index is -3.67. The largest absolute Gasteiger partial charge is 0.494 e. The van der Waals surface area contributed by atoms with Gasteiger partial charge in [-0.05, 0) is 24.3 Å². The van der Waals surface area contributed by atoms with Gasteiger partial charge >= 0.3 is 0 Å². The van der Waals surface area contributed by atoms with Crippen LogP contribution in [-0.2, 0) is 10.0 Å². The van der Waals surface area contributed by atoms with Crippen LogP contribution >= 0.6 is 11.8 Å². The van der Waals surface area contributed by atoms with Gasteiger partial charge in [0.15, 0.2) is 11.6 Å². The molecule has 0 radical (unpaired) electrons. The van der Waals surface area contributed by atoms with Gasteiger partial charge in [-0.15, -0.1) is 11.8 Å². The van der Waals surface area contributed by atoms with Crippen molar-refractivity contribution in [3.63, 3.8) is 0 Å². The van der Waals surface area contributed by atoms with Gasteiger partial charge < -0.3 is 4.74 Å². The van der Waals surface area contributed by atoms with Gasteiger partial charge in [-0.1, -0.05) is 18.2 Å². The van der Waals surface area contributed by atoms with Crippen molar-refractivity contribution in [3.05, 3.63) is 54.3 Å². The summed E-state index contributed by atoms with van der Waals surface area (Å²) in [6.07, 6.45) is 0. The minimum absolute atomic E-state index is 0.0181. The Hall–Kier alpha value is -1.57. The van der Waals surface area contributed by atoms with E-state index in [2.05, 4.69) is 4.72 Å². The van der Waals surface area contributed by atoms with Gasteiger partial charge in [0.25, 0.3) is 0 Å². The molecule has 0 atom stereocenters. The molecule has 0 heterocycles. The average Bonchev–Trinajstić information content (AvgIpc) is 2.53. The molecule has 4 nitrogen and oxygen atoms in total. The first-order valence-corrected chi connectivity index (χ1v) is 9.01. The lowest BCUT2D eigenvalue weighted by molar-refractivity contribution is 0.385. The maximum absolute atomic E-state index is 13.3. The summed E-state index contributed by atoms with van der Waals surface area (Å²) in [6, 6.07) is 13.2. The van der Waals surface area contributed by atoms with E-state index in [1.54, 1.807) is 11.8 Å². The molecule has 0 aliphatic heterocycles. The first kappa shape index (κ1) is 16.8. The summed E-state index contributed by atoms with van der Waals surface area (Å²) < 4.78 is 44.8. The van der Waals surface area contributed by atoms with Crippen molar-refractivity contribution >= 4 is 21.8 Å². The maximum Gasteiger partial charge on any atom is 0.240 e. The Morgan fingerprint density at radius 3 is 2.59 bits per heavy atom. The lowest BCUT2D eigenvalue weighted by Crippen LogP contribution is -2.26. The molecule has 0 aliphatic carbocycles. The van der Waals surface area contributed by atoms with E-state index in [9.17, 15) is 12.8 Å². The third-order valence-electron chi connectivity index (χ3n) is 2.84. The molecule has 7 heteroatoms. The highest BCUT2D eigenvalue weighted by atomic mass is 32.2. The monoisotopic (exact) mass is 341 g/mol. The van der Waals surface area contributed by atoms with E-state index < -0.39 is 15.8 Å². The molecule has 0 fully saturated rings. The van der Waals surface area contributed by atoms with E-state index in [0.717, 1.165) is 11.0 Å². The second-order valence-corrected chi connectivity index (χ2v) is 7.29. The number of hydrogen-bond acceptors (Lipinski definition) is 4. The second-order valence-electron chi connectivity index (χ2n) is 4.36. The molecule has 0 saturated heterocycles. The quantitative estimate of drug-likeness (QED) is 0.621. The number of benzene rings is 2. The van der Waals surface area contributed by atoms with Crippen molar-refractivity contribution in [2.45, 2.75) is 9.79 Å². The van der Waals surface area contributed by atoms with Crippen molar-refractivity contribution < 1.29 is 17.5 Å². The zero-order valence-electron chi connectivity index (χ0n) is 12.0. The van der Waals surface area contributed by atoms with Gasteiger partial charge in [-0.3, -0.25) is 0 Å². The molecule has 0 bridgehead atoms. The summed E-state index contributed by atoms with van der Waals surface area (Å²) in [4.78, 5) is 1.06. The third-order valence-corrected chi connectivity index (χ3v) is 5.31. The van der Waals surface area contributed by atoms with Crippen molar-refractivity contribution in [2.75, 3.05) is 19.4 Å². The summed E-state index contributed by atoms with van der Waals surface area (Å²) in [6.45, 7) is 0.279. The van der Waals surface area contributed by atoms with Crippen molar-refractivity contribution in [1.29, 1.82) is 0 Å². The number of thioether (sulfide) groups is 1. The molecule has 0 aromatic heterocycles. The molecular formula is C15H16FNO3S2. The zero-order valence-corrected chi connectivity index (χ0v) is 13.6. The number of hydrogen-bond donors (Lipinski definition) is 1. The van der Waals surface area contributed by atoms with E-state index in [4.69, 9.17) is 4.74 Å². The molecule has 0 amide bonds. The smallest absolute Gasteiger partial charge is 0.240 e. The SMILES string of the molecule is COc1cc(S(=O)(=O)NCCSc2ccccc2)ccc1F. The molecule has 2 aromatic rings. The van der Waals surface area contributed by atoms with Crippen LogP contribution in [0.15, 0.2) is 58.3 Å². The summed E-state index contributed by atoms with van der Waals surface area (Å²) in [5.74, 6) is -0.0932. The Kier molecular flexibility index (Phi) is 5.82. The third kappa shape index (κ3) is 4.46. The molecule has 0 aliphatic rings. The predicted octanol–water partition coefficient (Wildman–Crippen LogP) is 2.90. The molecule has 0 saturated carbocycles. The number of halogens is 1. The summed E-state index contributed by atoms with van der Waals surface area (Å²) in [7, 11) is -2.38. The molecule has 22 heavy (non-hydrogen) atoms. The molecule has 2 rings (SSSR count). The number of sulfonamides is 1. The van der Waals surface area contributed by atoms with E-state index in [0.29, 0.717) is 5.75 Å². The van der Waals surface area contributed by atoms with Crippen LogP contribution in [0.3, 0.4) is 0 Å². The lowest BCUT2D eigenvalue weighted by atomic mass is 10.3. The highest BCUT2D eigenvalue weighted by Crippen LogP contribution is 2.21. The summed E-state index contributed by atoms with van der Waals surface area (Å²) in [5.41, 5.74) is 0. The molecule has 1 N–H and O–H groups in total. The maximum atomic E-state index is 13.3. The molecule has 2 aromatic carbocycles. The van der Waals surface area contributed by atoms with E-state index in [-0.39, 0.29) is 17.2 Å². The van der Waals surface area contributed by atoms with Crippen LogP contribution in [0, 0.1) is 5.82 Å². The van der Waals surface area contributed by atoms with Gasteiger partial charge in [0.05, 0.1) is 12.0 Å². The normalized spacial score (nSPS) is 11.4. The highest BCUT2D eigenvalue weighted by Gasteiger charge is 2.16. The van der Waals surface area contributed by atoms with Gasteiger partial charge in [0, 0.05) is 23.3 Å². The first-order valence-electron chi connectivity index (χ1n) is 6.54. The molecule has 118 valence electrons. The van der Waals surface area contributed by atoms with Crippen molar-refractivity contribution in [3.8, 4) is 5.75 Å². The van der Waals surface area contributed by atoms with E-state index in [1.807, 2.05) is 30.3 Å². The average molecular weight is 341 g/mol. The Morgan fingerprint density at radius 2 is 1.91 bits per heavy atom. The number of ether oxygens (including phenoxy) is 1. The Morgan fingerprint density at radius 1 is 1.18 bits per heavy atom. The van der Waals surface area contributed by atoms with Crippen LogP contribution in [0.4, 0.5) is 4.39 Å². The minimum Gasteiger partial charge on any atom is -0.494 e. The first-order chi connectivity index (χ1) is 10.5. The topological polar surface area (TPSA) is 55.4 Å². The van der Waals surface area contributed by atoms with E-state index in [1.165, 1.54) is 19.2 Å². The Labute approximate surface area is 133 Å². The second kappa shape index (κ2) is 7.62. The van der Waals surface area contributed by atoms with Gasteiger partial charge in [-0.2, -0.15) is 0 Å². The van der Waals surface area contributed by atoms with Crippen LogP contribution < -0.4 is 9.46 Å². The fourth-order valence-electron chi connectivity index (χ4n) is 1.75. The summed E-state index contributed by atoms with van der Waals surface area (Å²) in [5, 5.41) is 0. The number of rotatable bonds is 7. The standard InChI is InChI=1S/C15H16FNO3S2/c1-20-15-11-13(7-8-14(15)16)22(18,19)17-9-10-21-12-5-3-2-4-6-12/h2-8,11,17H,9-10H2,1H3. The fraction of sp³-hybridized carbons (Fsp3) is 0.200. The Balaban J connectivity index is 1.94. The van der Waals surface area contributed by atoms with Gasteiger partial charge in [0.2, 0.25) is 10.0 Å². The molecule has 0 spiro atoms. The van der Waals surface area contributed by atoms with Crippen LogP contribution in [0.25, 0.3) is 0 Å². The van der Waals surface area contributed by atoms with E-state index >= 15 is 0 Å². The molecular weight excluding hydrogens is 325 g/mol. The fourth-order valence-corrected chi connectivity index (χ4v) is 3.72. The lowest BCUT2D eigenvalue weighted by Gasteiger charge is -2.08.